The molecule has 2 aromatic carbocycles. The van der Waals surface area contributed by atoms with Crippen molar-refractivity contribution in [3.8, 4) is 11.1 Å². The third-order valence-electron chi connectivity index (χ3n) is 12.4. The van der Waals surface area contributed by atoms with Gasteiger partial charge in [-0.15, -0.1) is 0 Å². The van der Waals surface area contributed by atoms with Crippen LogP contribution in [-0.4, -0.2) is 159 Å². The number of nitrogens with two attached hydrogens (primary N) is 1. The van der Waals surface area contributed by atoms with Crippen LogP contribution in [0.1, 0.15) is 84.5 Å². The molecule has 432 valence electrons. The highest BCUT2D eigenvalue weighted by atomic mass is 19.1. The maximum atomic E-state index is 15.4. The van der Waals surface area contributed by atoms with Crippen molar-refractivity contribution >= 4 is 70.9 Å². The van der Waals surface area contributed by atoms with Gasteiger partial charge >= 0.3 is 5.97 Å². The molecule has 80 heavy (non-hydrogen) atoms. The molecule has 0 spiro atoms. The fourth-order valence-corrected chi connectivity index (χ4v) is 8.52. The molecule has 2 heterocycles. The van der Waals surface area contributed by atoms with Gasteiger partial charge in [0.15, 0.2) is 0 Å². The molecule has 1 aliphatic heterocycles. The number of aliphatic carboxylic acids is 1. The topological polar surface area (TPSA) is 367 Å². The van der Waals surface area contributed by atoms with E-state index in [1.54, 1.807) is 55.8 Å². The third-order valence-corrected chi connectivity index (χ3v) is 12.4. The summed E-state index contributed by atoms with van der Waals surface area (Å²) in [6.07, 6.45) is 1.11. The molecule has 0 bridgehead atoms. The molecule has 1 aliphatic rings. The molecule has 27 heteroatoms. The molecule has 25 nitrogen and oxygen atoms in total. The lowest BCUT2D eigenvalue weighted by Crippen LogP contribution is -2.58. The molecule has 11 N–H and O–H groups in total. The van der Waals surface area contributed by atoms with Crippen LogP contribution in [0.4, 0.5) is 8.78 Å². The van der Waals surface area contributed by atoms with Gasteiger partial charge < -0.3 is 62.6 Å². The van der Waals surface area contributed by atoms with Crippen LogP contribution in [0.2, 0.25) is 0 Å². The second-order valence-electron chi connectivity index (χ2n) is 19.9. The quantitative estimate of drug-likeness (QED) is 0.0300. The van der Waals surface area contributed by atoms with E-state index in [1.165, 1.54) is 25.7 Å². The van der Waals surface area contributed by atoms with Gasteiger partial charge in [0.2, 0.25) is 53.2 Å². The van der Waals surface area contributed by atoms with Crippen molar-refractivity contribution in [3.63, 3.8) is 0 Å². The molecule has 0 radical (unpaired) electrons. The number of nitrogens with zero attached hydrogens (tertiary/aromatic N) is 3. The van der Waals surface area contributed by atoms with Crippen LogP contribution in [0, 0.1) is 17.0 Å². The number of benzene rings is 2. The van der Waals surface area contributed by atoms with Crippen molar-refractivity contribution in [1.82, 2.24) is 51.6 Å². The van der Waals surface area contributed by atoms with Gasteiger partial charge in [0, 0.05) is 74.7 Å². The molecule has 1 aromatic heterocycles. The van der Waals surface area contributed by atoms with Gasteiger partial charge in [-0.2, -0.15) is 0 Å². The Morgan fingerprint density at radius 2 is 1.30 bits per heavy atom. The van der Waals surface area contributed by atoms with Gasteiger partial charge in [-0.3, -0.25) is 62.4 Å². The summed E-state index contributed by atoms with van der Waals surface area (Å²) in [5, 5.41) is 36.6. The summed E-state index contributed by atoms with van der Waals surface area (Å²) in [4.78, 5) is 156. The van der Waals surface area contributed by atoms with E-state index in [1.807, 2.05) is 12.1 Å². The molecule has 0 saturated carbocycles. The second kappa shape index (κ2) is 29.2. The number of primary amides is 1. The van der Waals surface area contributed by atoms with Crippen LogP contribution in [-0.2, 0) is 64.1 Å². The number of aliphatic hydroxyl groups is 1. The second-order valence-corrected chi connectivity index (χ2v) is 19.9. The van der Waals surface area contributed by atoms with E-state index in [2.05, 4.69) is 37.2 Å². The number of halogens is 2. The highest BCUT2D eigenvalue weighted by Crippen LogP contribution is 2.41. The van der Waals surface area contributed by atoms with Gasteiger partial charge in [0.05, 0.1) is 12.5 Å². The molecule has 3 aromatic rings. The first kappa shape index (κ1) is 63.7. The van der Waals surface area contributed by atoms with Crippen molar-refractivity contribution in [2.75, 3.05) is 32.8 Å². The molecular formula is C53H67F2N11O14. The summed E-state index contributed by atoms with van der Waals surface area (Å²) in [5.74, 6) is -12.7. The first-order valence-corrected chi connectivity index (χ1v) is 25.3. The highest BCUT2D eigenvalue weighted by Gasteiger charge is 2.39. The lowest BCUT2D eigenvalue weighted by Gasteiger charge is -2.41. The summed E-state index contributed by atoms with van der Waals surface area (Å²) < 4.78 is 31.8. The summed E-state index contributed by atoms with van der Waals surface area (Å²) in [7, 11) is 0. The lowest BCUT2D eigenvalue weighted by atomic mass is 9.82. The summed E-state index contributed by atoms with van der Waals surface area (Å²) >= 11 is 0. The molecular weight excluding hydrogens is 1050 g/mol. The Morgan fingerprint density at radius 3 is 1.86 bits per heavy atom. The zero-order chi connectivity index (χ0) is 59.6. The number of hydrogen-bond donors (Lipinski definition) is 10. The van der Waals surface area contributed by atoms with Crippen molar-refractivity contribution in [2.24, 2.45) is 11.1 Å². The third kappa shape index (κ3) is 18.9. The Bertz CT molecular complexity index is 2840. The van der Waals surface area contributed by atoms with Crippen molar-refractivity contribution in [1.29, 1.82) is 0 Å². The number of hydrogen-bond acceptors (Lipinski definition) is 13. The lowest BCUT2D eigenvalue weighted by molar-refractivity contribution is -0.141. The number of carboxylic acids is 1. The van der Waals surface area contributed by atoms with E-state index in [0.717, 1.165) is 35.9 Å². The van der Waals surface area contributed by atoms with E-state index >= 15 is 4.39 Å². The largest absolute Gasteiger partial charge is 0.481 e. The smallest absolute Gasteiger partial charge is 0.303 e. The number of amides is 11. The number of nitrogens with one attached hydrogen (secondary N) is 7. The van der Waals surface area contributed by atoms with E-state index in [4.69, 9.17) is 5.73 Å². The molecule has 0 fully saturated rings. The van der Waals surface area contributed by atoms with Gasteiger partial charge in [-0.05, 0) is 61.9 Å². The normalized spacial score (nSPS) is 14.3. The molecule has 0 saturated heterocycles. The van der Waals surface area contributed by atoms with Gasteiger partial charge in [-0.25, -0.2) is 8.78 Å². The van der Waals surface area contributed by atoms with Crippen LogP contribution < -0.4 is 43.0 Å². The SMILES string of the molecule is CC(=O)N[C@@H](C)C(=O)N[C@H](C)C(=O)N[C@@H](CC(N)=O)C(=O)N[C@@H](CCN(C(=O)CO)[C@@H](c1cc(-c2cc(F)ccc2F)cn1Cc1ccccc1)C(C)(C)C)C(=O)NCCNC(=O)[C@@H](CCC(=O)O)NC(=O)CN1C(=O)C=CC1=O. The summed E-state index contributed by atoms with van der Waals surface area (Å²) in [6.45, 7) is 6.14. The number of carbonyl (C=O) groups excluding carboxylic acids is 11. The number of rotatable bonds is 29. The van der Waals surface area contributed by atoms with Gasteiger partial charge in [-0.1, -0.05) is 51.1 Å². The van der Waals surface area contributed by atoms with Crippen LogP contribution in [0.5, 0.6) is 0 Å². The van der Waals surface area contributed by atoms with Crippen LogP contribution >= 0.6 is 0 Å². The number of aromatic nitrogens is 1. The van der Waals surface area contributed by atoms with E-state index in [-0.39, 0.29) is 17.7 Å². The fourth-order valence-electron chi connectivity index (χ4n) is 8.52. The average Bonchev–Trinajstić information content (AvgIpc) is 3.93. The molecule has 11 amide bonds. The monoisotopic (exact) mass is 1120 g/mol. The van der Waals surface area contributed by atoms with Crippen LogP contribution in [0.25, 0.3) is 11.1 Å². The summed E-state index contributed by atoms with van der Waals surface area (Å²) in [6, 6.07) is 5.09. The number of carboxylic acid groups (broad SMARTS) is 1. The Kier molecular flexibility index (Phi) is 23.2. The Labute approximate surface area is 458 Å². The van der Waals surface area contributed by atoms with Crippen LogP contribution in [0.15, 0.2) is 72.9 Å². The zero-order valence-electron chi connectivity index (χ0n) is 44.9. The zero-order valence-corrected chi connectivity index (χ0v) is 44.9. The van der Waals surface area contributed by atoms with Crippen molar-refractivity contribution in [2.45, 2.75) is 110 Å². The molecule has 4 rings (SSSR count). The Morgan fingerprint density at radius 1 is 0.725 bits per heavy atom. The Balaban J connectivity index is 1.69. The molecule has 0 aliphatic carbocycles. The first-order chi connectivity index (χ1) is 37.6. The molecule has 0 unspecified atom stereocenters. The molecule has 6 atom stereocenters. The predicted molar refractivity (Wildman–Crippen MR) is 280 cm³/mol. The van der Waals surface area contributed by atoms with E-state index < -0.39 is 183 Å². The maximum absolute atomic E-state index is 15.4. The van der Waals surface area contributed by atoms with Gasteiger partial charge in [0.25, 0.3) is 11.8 Å². The minimum absolute atomic E-state index is 0.0958. The minimum Gasteiger partial charge on any atom is -0.481 e. The first-order valence-electron chi connectivity index (χ1n) is 25.3. The number of carbonyl (C=O) groups is 12. The predicted octanol–water partition coefficient (Wildman–Crippen LogP) is -0.839. The average molecular weight is 1120 g/mol. The van der Waals surface area contributed by atoms with E-state index in [0.29, 0.717) is 10.6 Å². The summed E-state index contributed by atoms with van der Waals surface area (Å²) in [5.41, 5.74) is 5.83. The maximum Gasteiger partial charge on any atom is 0.303 e. The van der Waals surface area contributed by atoms with Crippen LogP contribution in [0.3, 0.4) is 0 Å². The standard InChI is InChI=1S/C53H67F2N11O14/c1-29(59-31(3)68)48(76)60-30(2)49(77)63-39(24-41(56)69)52(80)62-38(51(79)58-20-19-57-50(78)37(14-17-46(74)75)61-42(70)27-66-43(71)15-16-44(66)72)18-21-65(45(73)28-67)47(53(4,5)6)40-22-33(35-23-34(54)12-13-36(35)55)26-64(40)25-32-10-8-7-9-11-32/h7-13,15-16,22-23,26,29-30,37-39,47,67H,14,17-21,24-25,27-28H2,1-6H3,(H2,56,69)(H,57,78)(H,58,79)(H,59,68)(H,60,76)(H,61,70)(H,62,80)(H,63,77)(H,74,75)/t29-,30+,37+,38-,39-,47-/m0/s1. The number of imide groups is 1. The van der Waals surface area contributed by atoms with Crippen molar-refractivity contribution < 1.29 is 76.5 Å². The fraction of sp³-hybridized carbons (Fsp3) is 0.434. The minimum atomic E-state index is -1.79. The van der Waals surface area contributed by atoms with E-state index in [9.17, 15) is 72.1 Å². The van der Waals surface area contributed by atoms with Crippen molar-refractivity contribution in [3.05, 3.63) is 95.8 Å². The highest BCUT2D eigenvalue weighted by molar-refractivity contribution is 6.14. The van der Waals surface area contributed by atoms with Gasteiger partial charge in [0.1, 0.15) is 55.0 Å². The number of aliphatic hydroxyl groups excluding tert-OH is 1. The Hall–Kier alpha value is -8.88.